The summed E-state index contributed by atoms with van der Waals surface area (Å²) < 4.78 is 5.56. The van der Waals surface area contributed by atoms with E-state index >= 15 is 0 Å². The van der Waals surface area contributed by atoms with Gasteiger partial charge in [-0.1, -0.05) is 31.2 Å². The average molecular weight is 287 g/mol. The van der Waals surface area contributed by atoms with E-state index in [1.54, 1.807) is 11.1 Å². The summed E-state index contributed by atoms with van der Waals surface area (Å²) in [5, 5.41) is 3.66. The van der Waals surface area contributed by atoms with E-state index in [2.05, 4.69) is 36.5 Å². The molecule has 0 spiro atoms. The Bertz CT molecular complexity index is 453. The highest BCUT2D eigenvalue weighted by Gasteiger charge is 2.38. The van der Waals surface area contributed by atoms with E-state index in [1.807, 2.05) is 0 Å². The van der Waals surface area contributed by atoms with Gasteiger partial charge in [-0.05, 0) is 62.1 Å². The lowest BCUT2D eigenvalue weighted by atomic mass is 9.65. The van der Waals surface area contributed by atoms with Crippen LogP contribution in [0.2, 0.25) is 0 Å². The van der Waals surface area contributed by atoms with Crippen molar-refractivity contribution in [3.8, 4) is 0 Å². The molecule has 21 heavy (non-hydrogen) atoms. The third kappa shape index (κ3) is 3.32. The van der Waals surface area contributed by atoms with Crippen LogP contribution < -0.4 is 5.32 Å². The van der Waals surface area contributed by atoms with Crippen LogP contribution in [-0.2, 0) is 16.6 Å². The lowest BCUT2D eigenvalue weighted by Crippen LogP contribution is -2.43. The molecule has 0 radical (unpaired) electrons. The van der Waals surface area contributed by atoms with Crippen LogP contribution in [0.15, 0.2) is 24.3 Å². The summed E-state index contributed by atoms with van der Waals surface area (Å²) in [6.07, 6.45) is 7.77. The molecule has 1 heterocycles. The second-order valence-electron chi connectivity index (χ2n) is 6.83. The molecule has 0 amide bonds. The van der Waals surface area contributed by atoms with Gasteiger partial charge in [0.05, 0.1) is 0 Å². The topological polar surface area (TPSA) is 21.3 Å². The van der Waals surface area contributed by atoms with E-state index in [4.69, 9.17) is 4.74 Å². The van der Waals surface area contributed by atoms with E-state index in [9.17, 15) is 0 Å². The first-order valence-electron chi connectivity index (χ1n) is 8.71. The number of ether oxygens (including phenoxy) is 1. The molecular formula is C19H29NO. The molecule has 0 bridgehead atoms. The maximum absolute atomic E-state index is 5.56. The molecule has 2 aliphatic rings. The fourth-order valence-corrected chi connectivity index (χ4v) is 4.34. The van der Waals surface area contributed by atoms with Gasteiger partial charge in [-0.15, -0.1) is 0 Å². The normalized spacial score (nSPS) is 26.5. The van der Waals surface area contributed by atoms with E-state index in [1.165, 1.54) is 38.5 Å². The molecule has 2 nitrogen and oxygen atoms in total. The molecule has 1 saturated heterocycles. The van der Waals surface area contributed by atoms with Gasteiger partial charge in [-0.3, -0.25) is 0 Å². The van der Waals surface area contributed by atoms with Crippen LogP contribution in [0.4, 0.5) is 0 Å². The molecule has 1 N–H and O–H groups in total. The summed E-state index contributed by atoms with van der Waals surface area (Å²) in [6.45, 7) is 6.35. The number of fused-ring (bicyclic) bond motifs is 1. The summed E-state index contributed by atoms with van der Waals surface area (Å²) in [5.41, 5.74) is 3.57. The molecular weight excluding hydrogens is 258 g/mol. The van der Waals surface area contributed by atoms with Crippen molar-refractivity contribution in [3.05, 3.63) is 35.4 Å². The first kappa shape index (κ1) is 15.1. The summed E-state index contributed by atoms with van der Waals surface area (Å²) >= 11 is 0. The third-order valence-corrected chi connectivity index (χ3v) is 5.42. The Kier molecular flexibility index (Phi) is 4.97. The van der Waals surface area contributed by atoms with E-state index in [-0.39, 0.29) is 0 Å². The van der Waals surface area contributed by atoms with Crippen molar-refractivity contribution in [2.24, 2.45) is 5.92 Å². The zero-order valence-corrected chi connectivity index (χ0v) is 13.4. The maximum atomic E-state index is 5.56. The fourth-order valence-electron chi connectivity index (χ4n) is 4.34. The number of hydrogen-bond donors (Lipinski definition) is 1. The average Bonchev–Trinajstić information content (AvgIpc) is 2.54. The first-order chi connectivity index (χ1) is 10.3. The minimum absolute atomic E-state index is 0.354. The van der Waals surface area contributed by atoms with E-state index in [0.29, 0.717) is 5.41 Å². The molecule has 1 aromatic carbocycles. The molecule has 3 rings (SSSR count). The van der Waals surface area contributed by atoms with Gasteiger partial charge in [-0.25, -0.2) is 0 Å². The minimum atomic E-state index is 0.354. The van der Waals surface area contributed by atoms with Crippen LogP contribution >= 0.6 is 0 Å². The number of aryl methyl sites for hydroxylation is 1. The van der Waals surface area contributed by atoms with Crippen LogP contribution in [0.1, 0.15) is 50.2 Å². The van der Waals surface area contributed by atoms with Gasteiger partial charge >= 0.3 is 0 Å². The summed E-state index contributed by atoms with van der Waals surface area (Å²) in [7, 11) is 0. The van der Waals surface area contributed by atoms with Crippen LogP contribution in [-0.4, -0.2) is 26.3 Å². The number of hydrogen-bond acceptors (Lipinski definition) is 2. The van der Waals surface area contributed by atoms with Crippen molar-refractivity contribution >= 4 is 0 Å². The van der Waals surface area contributed by atoms with E-state index < -0.39 is 0 Å². The molecule has 0 aromatic heterocycles. The van der Waals surface area contributed by atoms with Crippen molar-refractivity contribution in [1.82, 2.24) is 5.32 Å². The second-order valence-corrected chi connectivity index (χ2v) is 6.83. The van der Waals surface area contributed by atoms with Crippen LogP contribution in [0.25, 0.3) is 0 Å². The number of benzene rings is 1. The third-order valence-electron chi connectivity index (χ3n) is 5.42. The van der Waals surface area contributed by atoms with Crippen molar-refractivity contribution in [1.29, 1.82) is 0 Å². The predicted octanol–water partition coefficient (Wildman–Crippen LogP) is 3.69. The molecule has 0 saturated carbocycles. The van der Waals surface area contributed by atoms with Gasteiger partial charge in [0.1, 0.15) is 0 Å². The highest BCUT2D eigenvalue weighted by Crippen LogP contribution is 2.43. The quantitative estimate of drug-likeness (QED) is 0.892. The summed E-state index contributed by atoms with van der Waals surface area (Å²) in [4.78, 5) is 0. The van der Waals surface area contributed by atoms with Crippen molar-refractivity contribution in [3.63, 3.8) is 0 Å². The number of likely N-dealkylation sites (N-methyl/N-ethyl adjacent to an activating group) is 1. The molecule has 1 fully saturated rings. The van der Waals surface area contributed by atoms with Gasteiger partial charge < -0.3 is 10.1 Å². The lowest BCUT2D eigenvalue weighted by molar-refractivity contribution is 0.0538. The molecule has 1 unspecified atom stereocenters. The molecule has 1 atom stereocenters. The Hall–Kier alpha value is -0.860. The zero-order valence-electron chi connectivity index (χ0n) is 13.4. The molecule has 116 valence electrons. The number of nitrogens with one attached hydrogen (secondary N) is 1. The number of rotatable bonds is 5. The van der Waals surface area contributed by atoms with Crippen molar-refractivity contribution in [2.75, 3.05) is 26.3 Å². The largest absolute Gasteiger partial charge is 0.381 e. The highest BCUT2D eigenvalue weighted by molar-refractivity contribution is 5.37. The van der Waals surface area contributed by atoms with Gasteiger partial charge in [0.15, 0.2) is 0 Å². The van der Waals surface area contributed by atoms with E-state index in [0.717, 1.165) is 32.2 Å². The lowest BCUT2D eigenvalue weighted by Gasteiger charge is -2.42. The molecule has 1 aromatic rings. The summed E-state index contributed by atoms with van der Waals surface area (Å²) in [6, 6.07) is 9.18. The Balaban J connectivity index is 1.86. The van der Waals surface area contributed by atoms with Gasteiger partial charge in [0.2, 0.25) is 0 Å². The van der Waals surface area contributed by atoms with Crippen molar-refractivity contribution < 1.29 is 4.74 Å². The molecule has 1 aliphatic heterocycles. The SMILES string of the molecule is CCNCC1(CC2CCOCC2)CCCc2ccccc21. The summed E-state index contributed by atoms with van der Waals surface area (Å²) in [5.74, 6) is 0.837. The Labute approximate surface area is 129 Å². The monoisotopic (exact) mass is 287 g/mol. The maximum Gasteiger partial charge on any atom is 0.0468 e. The van der Waals surface area contributed by atoms with Gasteiger partial charge in [0, 0.05) is 25.2 Å². The van der Waals surface area contributed by atoms with Crippen molar-refractivity contribution in [2.45, 2.75) is 50.9 Å². The zero-order chi connectivity index (χ0) is 14.5. The van der Waals surface area contributed by atoms with Gasteiger partial charge in [0.25, 0.3) is 0 Å². The van der Waals surface area contributed by atoms with Gasteiger partial charge in [-0.2, -0.15) is 0 Å². The van der Waals surface area contributed by atoms with Crippen LogP contribution in [0.5, 0.6) is 0 Å². The second kappa shape index (κ2) is 6.93. The Morgan fingerprint density at radius 2 is 2.05 bits per heavy atom. The standard InChI is InChI=1S/C19H29NO/c1-2-20-15-19(14-16-9-12-21-13-10-16)11-5-7-17-6-3-4-8-18(17)19/h3-4,6,8,16,20H,2,5,7,9-15H2,1H3. The molecule has 1 aliphatic carbocycles. The highest BCUT2D eigenvalue weighted by atomic mass is 16.5. The first-order valence-corrected chi connectivity index (χ1v) is 8.71. The smallest absolute Gasteiger partial charge is 0.0468 e. The Morgan fingerprint density at radius 1 is 1.24 bits per heavy atom. The minimum Gasteiger partial charge on any atom is -0.381 e. The van der Waals surface area contributed by atoms with Crippen LogP contribution in [0.3, 0.4) is 0 Å². The fraction of sp³-hybridized carbons (Fsp3) is 0.684. The predicted molar refractivity (Wildman–Crippen MR) is 87.8 cm³/mol. The Morgan fingerprint density at radius 3 is 2.86 bits per heavy atom. The molecule has 2 heteroatoms. The van der Waals surface area contributed by atoms with Crippen LogP contribution in [0, 0.1) is 5.92 Å².